The molecule has 0 aliphatic carbocycles. The zero-order valence-electron chi connectivity index (χ0n) is 9.12. The van der Waals surface area contributed by atoms with Crippen LogP contribution in [0.25, 0.3) is 10.4 Å². The Morgan fingerprint density at radius 2 is 2.12 bits per heavy atom. The monoisotopic (exact) mass is 254 g/mol. The first kappa shape index (κ1) is 12.1. The van der Waals surface area contributed by atoms with Crippen LogP contribution in [0.15, 0.2) is 24.4 Å². The predicted octanol–water partition coefficient (Wildman–Crippen LogP) is 2.98. The Kier molecular flexibility index (Phi) is 3.81. The van der Waals surface area contributed by atoms with Crippen LogP contribution in [0.2, 0.25) is 0 Å². The molecule has 1 heterocycles. The van der Waals surface area contributed by atoms with Crippen molar-refractivity contribution in [2.75, 3.05) is 6.54 Å². The van der Waals surface area contributed by atoms with Crippen LogP contribution < -0.4 is 5.73 Å². The van der Waals surface area contributed by atoms with Gasteiger partial charge in [0.05, 0.1) is 9.88 Å². The van der Waals surface area contributed by atoms with Crippen molar-refractivity contribution in [2.24, 2.45) is 5.73 Å². The van der Waals surface area contributed by atoms with E-state index in [1.807, 2.05) is 0 Å². The lowest BCUT2D eigenvalue weighted by molar-refractivity contribution is 0.603. The van der Waals surface area contributed by atoms with E-state index in [9.17, 15) is 8.78 Å². The molecule has 0 saturated heterocycles. The van der Waals surface area contributed by atoms with Gasteiger partial charge in [-0.1, -0.05) is 0 Å². The lowest BCUT2D eigenvalue weighted by atomic mass is 10.2. The van der Waals surface area contributed by atoms with Gasteiger partial charge in [0.1, 0.15) is 11.6 Å². The van der Waals surface area contributed by atoms with Crippen LogP contribution in [0.5, 0.6) is 0 Å². The van der Waals surface area contributed by atoms with Gasteiger partial charge in [-0.15, -0.1) is 11.3 Å². The lowest BCUT2D eigenvalue weighted by Gasteiger charge is -1.99. The summed E-state index contributed by atoms with van der Waals surface area (Å²) in [6.45, 7) is 0.600. The Labute approximate surface area is 102 Å². The van der Waals surface area contributed by atoms with Crippen LogP contribution in [0.1, 0.15) is 11.4 Å². The van der Waals surface area contributed by atoms with Gasteiger partial charge in [0, 0.05) is 18.2 Å². The maximum Gasteiger partial charge on any atom is 0.132 e. The molecule has 0 spiro atoms. The maximum absolute atomic E-state index is 13.5. The van der Waals surface area contributed by atoms with Gasteiger partial charge in [-0.3, -0.25) is 0 Å². The molecule has 0 bridgehead atoms. The predicted molar refractivity (Wildman–Crippen MR) is 64.8 cm³/mol. The minimum absolute atomic E-state index is 0.265. The molecule has 0 fully saturated rings. The molecule has 1 aromatic heterocycles. The number of halogens is 2. The molecule has 2 rings (SSSR count). The summed E-state index contributed by atoms with van der Waals surface area (Å²) in [7, 11) is 0. The Hall–Kier alpha value is -1.33. The second kappa shape index (κ2) is 5.33. The van der Waals surface area contributed by atoms with Crippen molar-refractivity contribution in [2.45, 2.75) is 12.8 Å². The maximum atomic E-state index is 13.5. The van der Waals surface area contributed by atoms with Gasteiger partial charge in [0.15, 0.2) is 0 Å². The molecule has 17 heavy (non-hydrogen) atoms. The summed E-state index contributed by atoms with van der Waals surface area (Å²) in [6.07, 6.45) is 3.20. The van der Waals surface area contributed by atoms with Crippen molar-refractivity contribution in [3.63, 3.8) is 0 Å². The third-order valence-electron chi connectivity index (χ3n) is 2.34. The van der Waals surface area contributed by atoms with Gasteiger partial charge in [0.2, 0.25) is 0 Å². The number of nitrogens with zero attached hydrogens (tertiary/aromatic N) is 1. The molecule has 2 aromatic rings. The van der Waals surface area contributed by atoms with Crippen LogP contribution >= 0.6 is 11.3 Å². The minimum Gasteiger partial charge on any atom is -0.330 e. The van der Waals surface area contributed by atoms with E-state index in [2.05, 4.69) is 4.98 Å². The number of aromatic nitrogens is 1. The largest absolute Gasteiger partial charge is 0.330 e. The summed E-state index contributed by atoms with van der Waals surface area (Å²) in [6, 6.07) is 3.43. The van der Waals surface area contributed by atoms with Crippen molar-refractivity contribution in [3.05, 3.63) is 41.0 Å². The lowest BCUT2D eigenvalue weighted by Crippen LogP contribution is -1.99. The second-order valence-electron chi connectivity index (χ2n) is 3.63. The van der Waals surface area contributed by atoms with Crippen molar-refractivity contribution in [3.8, 4) is 10.4 Å². The number of rotatable bonds is 4. The second-order valence-corrected chi connectivity index (χ2v) is 4.75. The molecule has 0 radical (unpaired) electrons. The number of thiazole rings is 1. The molecule has 2 nitrogen and oxygen atoms in total. The van der Waals surface area contributed by atoms with E-state index in [1.165, 1.54) is 17.4 Å². The fourth-order valence-electron chi connectivity index (χ4n) is 1.49. The van der Waals surface area contributed by atoms with Crippen LogP contribution in [0.4, 0.5) is 8.78 Å². The highest BCUT2D eigenvalue weighted by atomic mass is 32.1. The Bertz CT molecular complexity index is 511. The quantitative estimate of drug-likeness (QED) is 0.911. The highest BCUT2D eigenvalue weighted by molar-refractivity contribution is 7.15. The van der Waals surface area contributed by atoms with E-state index >= 15 is 0 Å². The number of hydrogen-bond acceptors (Lipinski definition) is 3. The first-order valence-electron chi connectivity index (χ1n) is 5.31. The number of nitrogens with two attached hydrogens (primary N) is 1. The van der Waals surface area contributed by atoms with Gasteiger partial charge < -0.3 is 5.73 Å². The van der Waals surface area contributed by atoms with Crippen LogP contribution in [0, 0.1) is 11.6 Å². The van der Waals surface area contributed by atoms with Crippen molar-refractivity contribution < 1.29 is 8.78 Å². The van der Waals surface area contributed by atoms with Crippen LogP contribution in [0.3, 0.4) is 0 Å². The first-order valence-corrected chi connectivity index (χ1v) is 6.12. The fourth-order valence-corrected chi connectivity index (χ4v) is 2.47. The highest BCUT2D eigenvalue weighted by Crippen LogP contribution is 2.29. The molecule has 0 saturated carbocycles. The molecular formula is C12H12F2N2S. The molecule has 0 atom stereocenters. The van der Waals surface area contributed by atoms with E-state index < -0.39 is 11.6 Å². The summed E-state index contributed by atoms with van der Waals surface area (Å²) in [5, 5.41) is 0.897. The van der Waals surface area contributed by atoms with Crippen LogP contribution in [-0.2, 0) is 6.42 Å². The normalized spacial score (nSPS) is 10.8. The smallest absolute Gasteiger partial charge is 0.132 e. The molecular weight excluding hydrogens is 242 g/mol. The Morgan fingerprint density at radius 3 is 2.88 bits per heavy atom. The third kappa shape index (κ3) is 2.87. The summed E-state index contributed by atoms with van der Waals surface area (Å²) < 4.78 is 26.6. The number of benzene rings is 1. The van der Waals surface area contributed by atoms with Crippen molar-refractivity contribution in [1.29, 1.82) is 0 Å². The molecule has 90 valence electrons. The molecule has 0 aliphatic heterocycles. The standard InChI is InChI=1S/C12H12F2N2S/c13-8-3-4-10(14)9(6-8)11-7-16-12(17-11)2-1-5-15/h3-4,6-7H,1-2,5,15H2. The van der Waals surface area contributed by atoms with Crippen molar-refractivity contribution in [1.82, 2.24) is 4.98 Å². The van der Waals surface area contributed by atoms with Gasteiger partial charge in [0.25, 0.3) is 0 Å². The van der Waals surface area contributed by atoms with Crippen molar-refractivity contribution >= 4 is 11.3 Å². The van der Waals surface area contributed by atoms with Gasteiger partial charge in [-0.25, -0.2) is 13.8 Å². The van der Waals surface area contributed by atoms with Crippen LogP contribution in [-0.4, -0.2) is 11.5 Å². The van der Waals surface area contributed by atoms with E-state index in [-0.39, 0.29) is 5.56 Å². The molecule has 0 amide bonds. The third-order valence-corrected chi connectivity index (χ3v) is 3.43. The van der Waals surface area contributed by atoms with E-state index in [1.54, 1.807) is 6.20 Å². The first-order chi connectivity index (χ1) is 8.20. The van der Waals surface area contributed by atoms with E-state index in [0.717, 1.165) is 30.0 Å². The minimum atomic E-state index is -0.446. The average molecular weight is 254 g/mol. The molecule has 5 heteroatoms. The van der Waals surface area contributed by atoms with Gasteiger partial charge in [-0.05, 0) is 31.2 Å². The SMILES string of the molecule is NCCCc1ncc(-c2cc(F)ccc2F)s1. The highest BCUT2D eigenvalue weighted by Gasteiger charge is 2.10. The Morgan fingerprint density at radius 1 is 1.29 bits per heavy atom. The average Bonchev–Trinajstić information content (AvgIpc) is 2.78. The summed E-state index contributed by atoms with van der Waals surface area (Å²) >= 11 is 1.38. The summed E-state index contributed by atoms with van der Waals surface area (Å²) in [5.74, 6) is -0.876. The Balaban J connectivity index is 2.27. The summed E-state index contributed by atoms with van der Waals surface area (Å²) in [5.41, 5.74) is 5.67. The fraction of sp³-hybridized carbons (Fsp3) is 0.250. The number of aryl methyl sites for hydroxylation is 1. The molecule has 0 unspecified atom stereocenters. The molecule has 1 aromatic carbocycles. The van der Waals surface area contributed by atoms with E-state index in [0.29, 0.717) is 11.4 Å². The summed E-state index contributed by atoms with van der Waals surface area (Å²) in [4.78, 5) is 4.82. The van der Waals surface area contributed by atoms with E-state index in [4.69, 9.17) is 5.73 Å². The topological polar surface area (TPSA) is 38.9 Å². The van der Waals surface area contributed by atoms with Gasteiger partial charge in [-0.2, -0.15) is 0 Å². The van der Waals surface area contributed by atoms with Gasteiger partial charge >= 0.3 is 0 Å². The zero-order chi connectivity index (χ0) is 12.3. The molecule has 0 aliphatic rings. The molecule has 2 N–H and O–H groups in total. The zero-order valence-corrected chi connectivity index (χ0v) is 9.94. The number of hydrogen-bond donors (Lipinski definition) is 1.